The van der Waals surface area contributed by atoms with E-state index in [1.807, 2.05) is 0 Å². The van der Waals surface area contributed by atoms with Crippen molar-refractivity contribution in [1.29, 1.82) is 0 Å². The van der Waals surface area contributed by atoms with Gasteiger partial charge in [0.05, 0.1) is 0 Å². The Labute approximate surface area is 123 Å². The molecule has 0 aliphatic rings. The molecule has 1 nitrogen and oxygen atoms in total. The molecule has 0 atom stereocenters. The number of unbranched alkanes of at least 4 members (excludes halogenated alkanes) is 13. The summed E-state index contributed by atoms with van der Waals surface area (Å²) in [5.74, 6) is 0. The third-order valence-corrected chi connectivity index (χ3v) is 4.10. The van der Waals surface area contributed by atoms with E-state index in [4.69, 9.17) is 5.11 Å². The van der Waals surface area contributed by atoms with E-state index in [1.165, 1.54) is 88.8 Å². The van der Waals surface area contributed by atoms with Gasteiger partial charge in [0.15, 0.2) is 0 Å². The van der Waals surface area contributed by atoms with Crippen molar-refractivity contribution in [3.63, 3.8) is 0 Å². The van der Waals surface area contributed by atoms with Gasteiger partial charge < -0.3 is 5.11 Å². The van der Waals surface area contributed by atoms with Gasteiger partial charge in [0, 0.05) is 11.9 Å². The average Bonchev–Trinajstić information content (AvgIpc) is 2.39. The molecule has 0 unspecified atom stereocenters. The van der Waals surface area contributed by atoms with E-state index in [1.54, 1.807) is 0 Å². The lowest BCUT2D eigenvalue weighted by molar-refractivity contribution is 0.282. The molecule has 0 spiro atoms. The van der Waals surface area contributed by atoms with Crippen LogP contribution in [0.25, 0.3) is 0 Å². The van der Waals surface area contributed by atoms with E-state index in [-0.39, 0.29) is 0 Å². The molecule has 0 aromatic carbocycles. The lowest BCUT2D eigenvalue weighted by Gasteiger charge is -2.02. The third-order valence-electron chi connectivity index (χ3n) is 3.54. The van der Waals surface area contributed by atoms with Gasteiger partial charge in [-0.15, -0.1) is 0 Å². The van der Waals surface area contributed by atoms with Crippen molar-refractivity contribution in [3.8, 4) is 0 Å². The second kappa shape index (κ2) is 17.4. The molecular formula is C16H33BrO. The number of hydrogen-bond donors (Lipinski definition) is 1. The molecule has 0 aromatic heterocycles. The first-order valence-corrected chi connectivity index (χ1v) is 9.20. The highest BCUT2D eigenvalue weighted by Crippen LogP contribution is 2.13. The predicted molar refractivity (Wildman–Crippen MR) is 85.5 cm³/mol. The topological polar surface area (TPSA) is 20.2 Å². The van der Waals surface area contributed by atoms with E-state index in [0.29, 0.717) is 6.61 Å². The molecule has 0 fully saturated rings. The van der Waals surface area contributed by atoms with Crippen LogP contribution in [-0.2, 0) is 0 Å². The monoisotopic (exact) mass is 320 g/mol. The molecule has 0 aliphatic carbocycles. The Morgan fingerprint density at radius 2 is 0.722 bits per heavy atom. The molecule has 0 amide bonds. The fraction of sp³-hybridized carbons (Fsp3) is 1.00. The summed E-state index contributed by atoms with van der Waals surface area (Å²) in [4.78, 5) is 0. The van der Waals surface area contributed by atoms with Gasteiger partial charge in [0.1, 0.15) is 0 Å². The number of alkyl halides is 1. The van der Waals surface area contributed by atoms with Crippen LogP contribution in [0, 0.1) is 0 Å². The quantitative estimate of drug-likeness (QED) is 0.297. The fourth-order valence-corrected chi connectivity index (χ4v) is 2.72. The largest absolute Gasteiger partial charge is 0.396 e. The highest BCUT2D eigenvalue weighted by molar-refractivity contribution is 9.09. The van der Waals surface area contributed by atoms with Crippen LogP contribution >= 0.6 is 15.9 Å². The van der Waals surface area contributed by atoms with Gasteiger partial charge in [-0.25, -0.2) is 0 Å². The highest BCUT2D eigenvalue weighted by atomic mass is 79.9. The smallest absolute Gasteiger partial charge is 0.0431 e. The third kappa shape index (κ3) is 16.4. The van der Waals surface area contributed by atoms with E-state index in [0.717, 1.165) is 6.42 Å². The van der Waals surface area contributed by atoms with Crippen LogP contribution in [0.1, 0.15) is 89.9 Å². The first kappa shape index (κ1) is 18.4. The lowest BCUT2D eigenvalue weighted by atomic mass is 10.0. The van der Waals surface area contributed by atoms with Gasteiger partial charge in [0.25, 0.3) is 0 Å². The zero-order chi connectivity index (χ0) is 13.3. The SMILES string of the molecule is OCCCCCCCCCCCCCCCCBr. The summed E-state index contributed by atoms with van der Waals surface area (Å²) >= 11 is 3.47. The van der Waals surface area contributed by atoms with Gasteiger partial charge in [-0.05, 0) is 12.8 Å². The average molecular weight is 321 g/mol. The summed E-state index contributed by atoms with van der Waals surface area (Å²) in [5, 5.41) is 9.83. The first-order valence-electron chi connectivity index (χ1n) is 8.08. The second-order valence-corrected chi connectivity index (χ2v) is 6.16. The van der Waals surface area contributed by atoms with Crippen molar-refractivity contribution >= 4 is 15.9 Å². The maximum Gasteiger partial charge on any atom is 0.0431 e. The Hall–Kier alpha value is 0.440. The molecule has 18 heavy (non-hydrogen) atoms. The fourth-order valence-electron chi connectivity index (χ4n) is 2.33. The number of rotatable bonds is 15. The van der Waals surface area contributed by atoms with Crippen molar-refractivity contribution in [2.75, 3.05) is 11.9 Å². The Kier molecular flexibility index (Phi) is 17.9. The summed E-state index contributed by atoms with van der Waals surface area (Å²) in [6, 6.07) is 0. The summed E-state index contributed by atoms with van der Waals surface area (Å²) in [7, 11) is 0. The maximum atomic E-state index is 8.66. The van der Waals surface area contributed by atoms with Crippen molar-refractivity contribution in [2.45, 2.75) is 89.9 Å². The molecule has 110 valence electrons. The number of halogens is 1. The zero-order valence-electron chi connectivity index (χ0n) is 12.1. The lowest BCUT2D eigenvalue weighted by Crippen LogP contribution is -1.85. The van der Waals surface area contributed by atoms with Crippen molar-refractivity contribution in [2.24, 2.45) is 0 Å². The zero-order valence-corrected chi connectivity index (χ0v) is 13.7. The summed E-state index contributed by atoms with van der Waals surface area (Å²) in [6.45, 7) is 0.371. The van der Waals surface area contributed by atoms with Crippen molar-refractivity contribution < 1.29 is 5.11 Å². The molecule has 1 N–H and O–H groups in total. The van der Waals surface area contributed by atoms with E-state index in [2.05, 4.69) is 15.9 Å². The Morgan fingerprint density at radius 1 is 0.444 bits per heavy atom. The van der Waals surface area contributed by atoms with Gasteiger partial charge in [-0.2, -0.15) is 0 Å². The van der Waals surface area contributed by atoms with E-state index in [9.17, 15) is 0 Å². The van der Waals surface area contributed by atoms with Gasteiger partial charge in [-0.3, -0.25) is 0 Å². The standard InChI is InChI=1S/C16H33BrO/c17-15-13-11-9-7-5-3-1-2-4-6-8-10-12-14-16-18/h18H,1-16H2. The minimum Gasteiger partial charge on any atom is -0.396 e. The van der Waals surface area contributed by atoms with Crippen molar-refractivity contribution in [1.82, 2.24) is 0 Å². The molecule has 0 radical (unpaired) electrons. The molecule has 0 saturated carbocycles. The van der Waals surface area contributed by atoms with Crippen LogP contribution in [0.5, 0.6) is 0 Å². The summed E-state index contributed by atoms with van der Waals surface area (Å²) in [5.41, 5.74) is 0. The first-order chi connectivity index (χ1) is 8.91. The van der Waals surface area contributed by atoms with E-state index >= 15 is 0 Å². The number of aliphatic hydroxyl groups excluding tert-OH is 1. The van der Waals surface area contributed by atoms with Crippen LogP contribution in [0.2, 0.25) is 0 Å². The molecule has 0 bridgehead atoms. The van der Waals surface area contributed by atoms with Crippen LogP contribution in [0.3, 0.4) is 0 Å². The Bertz CT molecular complexity index is 123. The number of aliphatic hydroxyl groups is 1. The van der Waals surface area contributed by atoms with Crippen LogP contribution < -0.4 is 0 Å². The minimum absolute atomic E-state index is 0.371. The molecular weight excluding hydrogens is 288 g/mol. The van der Waals surface area contributed by atoms with Crippen LogP contribution in [0.4, 0.5) is 0 Å². The van der Waals surface area contributed by atoms with Crippen LogP contribution in [0.15, 0.2) is 0 Å². The van der Waals surface area contributed by atoms with Gasteiger partial charge in [-0.1, -0.05) is 93.0 Å². The maximum absolute atomic E-state index is 8.66. The van der Waals surface area contributed by atoms with Crippen molar-refractivity contribution in [3.05, 3.63) is 0 Å². The van der Waals surface area contributed by atoms with Crippen LogP contribution in [-0.4, -0.2) is 17.0 Å². The molecule has 0 heterocycles. The normalized spacial score (nSPS) is 11.0. The Morgan fingerprint density at radius 3 is 1.00 bits per heavy atom. The van der Waals surface area contributed by atoms with Gasteiger partial charge >= 0.3 is 0 Å². The second-order valence-electron chi connectivity index (χ2n) is 5.36. The molecule has 2 heteroatoms. The van der Waals surface area contributed by atoms with Gasteiger partial charge in [0.2, 0.25) is 0 Å². The molecule has 0 saturated heterocycles. The number of hydrogen-bond acceptors (Lipinski definition) is 1. The Balaban J connectivity index is 2.86. The summed E-state index contributed by atoms with van der Waals surface area (Å²) in [6.07, 6.45) is 19.1. The summed E-state index contributed by atoms with van der Waals surface area (Å²) < 4.78 is 0. The molecule has 0 aliphatic heterocycles. The van der Waals surface area contributed by atoms with E-state index < -0.39 is 0 Å². The minimum atomic E-state index is 0.371. The molecule has 0 rings (SSSR count). The highest BCUT2D eigenvalue weighted by Gasteiger charge is 1.93. The predicted octanol–water partition coefficient (Wildman–Crippen LogP) is 5.84. The molecule has 0 aromatic rings.